The van der Waals surface area contributed by atoms with Crippen molar-refractivity contribution in [1.82, 2.24) is 0 Å². The fraction of sp³-hybridized carbons (Fsp3) is 0.500. The van der Waals surface area contributed by atoms with Crippen molar-refractivity contribution in [3.05, 3.63) is 29.8 Å². The molecule has 1 rings (SSSR count). The van der Waals surface area contributed by atoms with Gasteiger partial charge in [0.25, 0.3) is 0 Å². The Morgan fingerprint density at radius 3 is 2.67 bits per heavy atom. The van der Waals surface area contributed by atoms with Crippen LogP contribution in [0.3, 0.4) is 0 Å². The minimum absolute atomic E-state index is 0.405. The molecule has 3 heteroatoms. The van der Waals surface area contributed by atoms with Crippen molar-refractivity contribution in [3.63, 3.8) is 0 Å². The first-order valence-electron chi connectivity index (χ1n) is 5.14. The zero-order chi connectivity index (χ0) is 11.3. The Hall–Kier alpha value is -0.670. The minimum Gasteiger partial charge on any atom is -0.389 e. The maximum absolute atomic E-state index is 9.65. The van der Waals surface area contributed by atoms with Crippen LogP contribution in [0, 0.1) is 0 Å². The van der Waals surface area contributed by atoms with Gasteiger partial charge in [0, 0.05) is 30.6 Å². The minimum atomic E-state index is -0.405. The Kier molecular flexibility index (Phi) is 4.99. The van der Waals surface area contributed by atoms with Crippen LogP contribution >= 0.6 is 11.8 Å². The number of hydrogen-bond acceptors (Lipinski definition) is 3. The molecule has 0 heterocycles. The van der Waals surface area contributed by atoms with E-state index in [-0.39, 0.29) is 0 Å². The number of aliphatic hydroxyl groups excluding tert-OH is 1. The number of anilines is 1. The molecular weight excluding hydrogens is 206 g/mol. The van der Waals surface area contributed by atoms with Crippen molar-refractivity contribution in [2.75, 3.05) is 30.5 Å². The molecule has 0 unspecified atom stereocenters. The van der Waals surface area contributed by atoms with Crippen molar-refractivity contribution in [2.24, 2.45) is 0 Å². The second-order valence-electron chi connectivity index (χ2n) is 3.65. The van der Waals surface area contributed by atoms with E-state index in [0.717, 1.165) is 23.5 Å². The summed E-state index contributed by atoms with van der Waals surface area (Å²) in [6.07, 6.45) is 1.70. The number of hydrogen-bond donors (Lipinski definition) is 1. The molecule has 1 N–H and O–H groups in total. The normalized spacial score (nSPS) is 12.5. The van der Waals surface area contributed by atoms with Crippen molar-refractivity contribution in [1.29, 1.82) is 0 Å². The van der Waals surface area contributed by atoms with Crippen LogP contribution < -0.4 is 4.90 Å². The number of rotatable bonds is 5. The molecule has 0 radical (unpaired) electrons. The third-order valence-electron chi connectivity index (χ3n) is 2.43. The molecule has 0 fully saturated rings. The van der Waals surface area contributed by atoms with Gasteiger partial charge in [-0.15, -0.1) is 0 Å². The van der Waals surface area contributed by atoms with Crippen LogP contribution in [0.15, 0.2) is 24.3 Å². The summed E-state index contributed by atoms with van der Waals surface area (Å²) in [6.45, 7) is 2.81. The predicted octanol–water partition coefficient (Wildman–Crippen LogP) is 2.54. The van der Waals surface area contributed by atoms with Gasteiger partial charge in [-0.05, 0) is 19.2 Å². The van der Waals surface area contributed by atoms with Gasteiger partial charge in [0.1, 0.15) is 0 Å². The molecule has 0 amide bonds. The van der Waals surface area contributed by atoms with Gasteiger partial charge < -0.3 is 10.0 Å². The molecule has 15 heavy (non-hydrogen) atoms. The summed E-state index contributed by atoms with van der Waals surface area (Å²) < 4.78 is 0. The Balaban J connectivity index is 2.82. The monoisotopic (exact) mass is 225 g/mol. The second-order valence-corrected chi connectivity index (χ2v) is 4.63. The molecule has 0 saturated heterocycles. The Labute approximate surface area is 96.3 Å². The first kappa shape index (κ1) is 12.4. The number of nitrogens with zero attached hydrogens (tertiary/aromatic N) is 1. The maximum atomic E-state index is 9.65. The molecule has 1 aromatic rings. The number of para-hydroxylation sites is 1. The fourth-order valence-electron chi connectivity index (χ4n) is 1.54. The van der Waals surface area contributed by atoms with E-state index in [2.05, 4.69) is 24.3 Å². The molecule has 0 aliphatic heterocycles. The van der Waals surface area contributed by atoms with E-state index in [9.17, 15) is 5.11 Å². The molecule has 1 atom stereocenters. The highest BCUT2D eigenvalue weighted by molar-refractivity contribution is 7.98. The quantitative estimate of drug-likeness (QED) is 0.833. The van der Waals surface area contributed by atoms with Crippen LogP contribution in [-0.4, -0.2) is 30.7 Å². The van der Waals surface area contributed by atoms with Gasteiger partial charge in [-0.2, -0.15) is 11.8 Å². The highest BCUT2D eigenvalue weighted by Crippen LogP contribution is 2.25. The van der Waals surface area contributed by atoms with Crippen LogP contribution in [0.1, 0.15) is 18.6 Å². The molecule has 2 nitrogen and oxygen atoms in total. The Morgan fingerprint density at radius 2 is 2.07 bits per heavy atom. The molecule has 0 aliphatic rings. The smallest absolute Gasteiger partial charge is 0.0781 e. The lowest BCUT2D eigenvalue weighted by molar-refractivity contribution is 0.199. The lowest BCUT2D eigenvalue weighted by Crippen LogP contribution is -2.21. The number of aliphatic hydroxyl groups is 1. The maximum Gasteiger partial charge on any atom is 0.0781 e. The van der Waals surface area contributed by atoms with Crippen molar-refractivity contribution >= 4 is 17.4 Å². The summed E-state index contributed by atoms with van der Waals surface area (Å²) in [6, 6.07) is 8.02. The van der Waals surface area contributed by atoms with Crippen molar-refractivity contribution in [3.8, 4) is 0 Å². The molecule has 84 valence electrons. The van der Waals surface area contributed by atoms with E-state index in [1.807, 2.05) is 30.0 Å². The molecule has 1 aromatic carbocycles. The van der Waals surface area contributed by atoms with Gasteiger partial charge in [0.15, 0.2) is 0 Å². The van der Waals surface area contributed by atoms with Crippen LogP contribution in [0.25, 0.3) is 0 Å². The van der Waals surface area contributed by atoms with Crippen molar-refractivity contribution < 1.29 is 5.11 Å². The summed E-state index contributed by atoms with van der Waals surface area (Å²) in [5.74, 6) is 1.10. The predicted molar refractivity (Wildman–Crippen MR) is 68.7 cm³/mol. The summed E-state index contributed by atoms with van der Waals surface area (Å²) in [7, 11) is 2.07. The largest absolute Gasteiger partial charge is 0.389 e. The van der Waals surface area contributed by atoms with E-state index in [1.54, 1.807) is 6.92 Å². The molecule has 0 bridgehead atoms. The second kappa shape index (κ2) is 6.03. The number of thioether (sulfide) groups is 1. The third kappa shape index (κ3) is 3.43. The molecular formula is C12H19NOS. The SMILES string of the molecule is CSCCN(C)c1ccccc1[C@H](C)O. The van der Waals surface area contributed by atoms with Crippen LogP contribution in [0.5, 0.6) is 0 Å². The zero-order valence-electron chi connectivity index (χ0n) is 9.60. The van der Waals surface area contributed by atoms with Crippen LogP contribution in [0.2, 0.25) is 0 Å². The summed E-state index contributed by atoms with van der Waals surface area (Å²) >= 11 is 1.83. The third-order valence-corrected chi connectivity index (χ3v) is 3.02. The fourth-order valence-corrected chi connectivity index (χ4v) is 1.99. The first-order chi connectivity index (χ1) is 7.16. The first-order valence-corrected chi connectivity index (χ1v) is 6.53. The van der Waals surface area contributed by atoms with Gasteiger partial charge in [-0.3, -0.25) is 0 Å². The summed E-state index contributed by atoms with van der Waals surface area (Å²) in [4.78, 5) is 2.19. The highest BCUT2D eigenvalue weighted by atomic mass is 32.2. The van der Waals surface area contributed by atoms with E-state index < -0.39 is 6.10 Å². The standard InChI is InChI=1S/C12H19NOS/c1-10(14)11-6-4-5-7-12(11)13(2)8-9-15-3/h4-7,10,14H,8-9H2,1-3H3/t10-/m0/s1. The van der Waals surface area contributed by atoms with Gasteiger partial charge in [0.2, 0.25) is 0 Å². The average molecular weight is 225 g/mol. The van der Waals surface area contributed by atoms with Gasteiger partial charge >= 0.3 is 0 Å². The lowest BCUT2D eigenvalue weighted by atomic mass is 10.1. The Morgan fingerprint density at radius 1 is 1.40 bits per heavy atom. The molecule has 0 aromatic heterocycles. The van der Waals surface area contributed by atoms with Crippen LogP contribution in [0.4, 0.5) is 5.69 Å². The molecule has 0 saturated carbocycles. The molecule has 0 aliphatic carbocycles. The summed E-state index contributed by atoms with van der Waals surface area (Å²) in [5.41, 5.74) is 2.13. The zero-order valence-corrected chi connectivity index (χ0v) is 10.4. The molecule has 0 spiro atoms. The summed E-state index contributed by atoms with van der Waals surface area (Å²) in [5, 5.41) is 9.65. The van der Waals surface area contributed by atoms with E-state index in [0.29, 0.717) is 0 Å². The van der Waals surface area contributed by atoms with Gasteiger partial charge in [-0.1, -0.05) is 18.2 Å². The lowest BCUT2D eigenvalue weighted by Gasteiger charge is -2.23. The van der Waals surface area contributed by atoms with Crippen LogP contribution in [-0.2, 0) is 0 Å². The highest BCUT2D eigenvalue weighted by Gasteiger charge is 2.09. The number of benzene rings is 1. The van der Waals surface area contributed by atoms with Gasteiger partial charge in [-0.25, -0.2) is 0 Å². The average Bonchev–Trinajstić information content (AvgIpc) is 2.25. The van der Waals surface area contributed by atoms with E-state index >= 15 is 0 Å². The van der Waals surface area contributed by atoms with Gasteiger partial charge in [0.05, 0.1) is 6.10 Å². The van der Waals surface area contributed by atoms with E-state index in [1.165, 1.54) is 0 Å². The topological polar surface area (TPSA) is 23.5 Å². The van der Waals surface area contributed by atoms with Crippen molar-refractivity contribution in [2.45, 2.75) is 13.0 Å². The van der Waals surface area contributed by atoms with E-state index in [4.69, 9.17) is 0 Å². The Bertz CT molecular complexity index is 301.